The summed E-state index contributed by atoms with van der Waals surface area (Å²) in [4.78, 5) is 18.8. The van der Waals surface area contributed by atoms with Crippen LogP contribution >= 0.6 is 0 Å². The average molecular weight is 278 g/mol. The maximum atomic E-state index is 11.9. The minimum atomic E-state index is -0.232. The molecule has 1 unspecified atom stereocenters. The van der Waals surface area contributed by atoms with Crippen molar-refractivity contribution in [1.82, 2.24) is 14.5 Å². The number of nitrogens with zero attached hydrogens (tertiary/aromatic N) is 2. The van der Waals surface area contributed by atoms with Crippen LogP contribution in [0.5, 0.6) is 0 Å². The third-order valence-corrected chi connectivity index (χ3v) is 3.84. The molecule has 0 radical (unpaired) electrons. The Labute approximate surface area is 115 Å². The lowest BCUT2D eigenvalue weighted by Crippen LogP contribution is -2.16. The van der Waals surface area contributed by atoms with Gasteiger partial charge in [-0.3, -0.25) is 4.79 Å². The summed E-state index contributed by atoms with van der Waals surface area (Å²) in [5.74, 6) is 0.231. The van der Waals surface area contributed by atoms with Crippen molar-refractivity contribution in [1.29, 1.82) is 0 Å². The smallest absolute Gasteiger partial charge is 0.260 e. The Morgan fingerprint density at radius 1 is 1.65 bits per heavy atom. The summed E-state index contributed by atoms with van der Waals surface area (Å²) in [6, 6.07) is 0. The fourth-order valence-electron chi connectivity index (χ4n) is 2.89. The van der Waals surface area contributed by atoms with Gasteiger partial charge in [-0.2, -0.15) is 0 Å². The number of aromatic amines is 1. The number of aliphatic hydroxyl groups excluding tert-OH is 1. The molecule has 0 aromatic carbocycles. The Morgan fingerprint density at radius 3 is 3.10 bits per heavy atom. The molecule has 1 aliphatic heterocycles. The van der Waals surface area contributed by atoms with Crippen LogP contribution in [0.25, 0.3) is 11.0 Å². The molecule has 108 valence electrons. The van der Waals surface area contributed by atoms with Crippen molar-refractivity contribution in [3.05, 3.63) is 28.4 Å². The van der Waals surface area contributed by atoms with Crippen LogP contribution < -0.4 is 11.3 Å². The second-order valence-electron chi connectivity index (χ2n) is 5.24. The molecule has 1 aliphatic rings. The van der Waals surface area contributed by atoms with Gasteiger partial charge in [-0.05, 0) is 12.0 Å². The zero-order chi connectivity index (χ0) is 14.3. The first kappa shape index (κ1) is 13.3. The second kappa shape index (κ2) is 5.01. The summed E-state index contributed by atoms with van der Waals surface area (Å²) < 4.78 is 7.69. The zero-order valence-corrected chi connectivity index (χ0v) is 11.2. The van der Waals surface area contributed by atoms with Crippen LogP contribution in [-0.4, -0.2) is 32.4 Å². The molecule has 2 aromatic heterocycles. The molecule has 20 heavy (non-hydrogen) atoms. The van der Waals surface area contributed by atoms with Gasteiger partial charge >= 0.3 is 0 Å². The Kier molecular flexibility index (Phi) is 3.33. The van der Waals surface area contributed by atoms with E-state index < -0.39 is 0 Å². The van der Waals surface area contributed by atoms with Crippen molar-refractivity contribution in [2.75, 3.05) is 6.61 Å². The van der Waals surface area contributed by atoms with Gasteiger partial charge in [0.1, 0.15) is 11.9 Å². The number of nitrogens with two attached hydrogens (primary N) is 1. The van der Waals surface area contributed by atoms with Gasteiger partial charge in [0.25, 0.3) is 5.56 Å². The quantitative estimate of drug-likeness (QED) is 0.738. The van der Waals surface area contributed by atoms with Crippen molar-refractivity contribution in [2.45, 2.75) is 32.2 Å². The van der Waals surface area contributed by atoms with E-state index in [9.17, 15) is 9.90 Å². The standard InChI is InChI=1S/C13H18N4O3/c1-7-2-9(5-18)20-13(7)17-4-8(3-14)10-11(17)15-6-16-12(10)19/h4,6-7,9,13,18H,2-3,5,14H2,1H3,(H,15,16,19)/t7?,9-,13+/m0/s1. The van der Waals surface area contributed by atoms with Crippen LogP contribution in [-0.2, 0) is 11.3 Å². The fraction of sp³-hybridized carbons (Fsp3) is 0.538. The highest BCUT2D eigenvalue weighted by molar-refractivity contribution is 5.79. The van der Waals surface area contributed by atoms with Crippen molar-refractivity contribution in [3.8, 4) is 0 Å². The molecule has 0 saturated carbocycles. The normalized spacial score (nSPS) is 26.4. The van der Waals surface area contributed by atoms with Crippen molar-refractivity contribution < 1.29 is 9.84 Å². The molecule has 0 amide bonds. The number of hydrogen-bond acceptors (Lipinski definition) is 5. The molecular formula is C13H18N4O3. The van der Waals surface area contributed by atoms with Gasteiger partial charge in [0.2, 0.25) is 0 Å². The van der Waals surface area contributed by atoms with Crippen LogP contribution in [0.2, 0.25) is 0 Å². The summed E-state index contributed by atoms with van der Waals surface area (Å²) in [6.45, 7) is 2.32. The van der Waals surface area contributed by atoms with E-state index in [1.165, 1.54) is 6.33 Å². The Bertz CT molecular complexity index is 678. The molecule has 4 N–H and O–H groups in total. The van der Waals surface area contributed by atoms with Crippen LogP contribution in [0.3, 0.4) is 0 Å². The van der Waals surface area contributed by atoms with Crippen LogP contribution in [0, 0.1) is 5.92 Å². The number of H-pyrrole nitrogens is 1. The largest absolute Gasteiger partial charge is 0.394 e. The molecule has 3 heterocycles. The van der Waals surface area contributed by atoms with Gasteiger partial charge in [0.05, 0.1) is 24.4 Å². The lowest BCUT2D eigenvalue weighted by Gasteiger charge is -2.17. The van der Waals surface area contributed by atoms with Crippen LogP contribution in [0.15, 0.2) is 17.3 Å². The number of aromatic nitrogens is 3. The SMILES string of the molecule is CC1C[C@@H](CO)O[C@H]1n1cc(CN)c2c(=O)[nH]cnc21. The number of ether oxygens (including phenoxy) is 1. The lowest BCUT2D eigenvalue weighted by molar-refractivity contribution is -0.0292. The van der Waals surface area contributed by atoms with Crippen molar-refractivity contribution in [3.63, 3.8) is 0 Å². The van der Waals surface area contributed by atoms with E-state index in [1.54, 1.807) is 0 Å². The molecule has 1 saturated heterocycles. The molecular weight excluding hydrogens is 260 g/mol. The Hall–Kier alpha value is -1.70. The third kappa shape index (κ3) is 1.94. The zero-order valence-electron chi connectivity index (χ0n) is 11.2. The molecule has 1 fully saturated rings. The molecule has 0 bridgehead atoms. The first-order chi connectivity index (χ1) is 9.65. The summed E-state index contributed by atoms with van der Waals surface area (Å²) in [5.41, 5.74) is 6.84. The van der Waals surface area contributed by atoms with Crippen molar-refractivity contribution >= 4 is 11.0 Å². The minimum absolute atomic E-state index is 0.00218. The Morgan fingerprint density at radius 2 is 2.45 bits per heavy atom. The topological polar surface area (TPSA) is 106 Å². The van der Waals surface area contributed by atoms with Crippen LogP contribution in [0.4, 0.5) is 0 Å². The predicted molar refractivity (Wildman–Crippen MR) is 73.0 cm³/mol. The number of nitrogens with one attached hydrogen (secondary N) is 1. The first-order valence-corrected chi connectivity index (χ1v) is 6.69. The van der Waals surface area contributed by atoms with Gasteiger partial charge in [-0.15, -0.1) is 0 Å². The van der Waals surface area contributed by atoms with Gasteiger partial charge in [-0.1, -0.05) is 6.92 Å². The summed E-state index contributed by atoms with van der Waals surface area (Å²) >= 11 is 0. The number of fused-ring (bicyclic) bond motifs is 1. The highest BCUT2D eigenvalue weighted by atomic mass is 16.5. The number of rotatable bonds is 3. The maximum Gasteiger partial charge on any atom is 0.260 e. The van der Waals surface area contributed by atoms with Crippen LogP contribution in [0.1, 0.15) is 25.1 Å². The lowest BCUT2D eigenvalue weighted by atomic mass is 10.1. The highest BCUT2D eigenvalue weighted by Gasteiger charge is 2.34. The summed E-state index contributed by atoms with van der Waals surface area (Å²) in [7, 11) is 0. The van der Waals surface area contributed by atoms with Gasteiger partial charge in [0, 0.05) is 18.7 Å². The van der Waals surface area contributed by atoms with E-state index in [0.29, 0.717) is 11.0 Å². The summed E-state index contributed by atoms with van der Waals surface area (Å²) in [5, 5.41) is 9.74. The highest BCUT2D eigenvalue weighted by Crippen LogP contribution is 2.36. The molecule has 0 spiro atoms. The molecule has 7 heteroatoms. The van der Waals surface area contributed by atoms with E-state index >= 15 is 0 Å². The van der Waals surface area contributed by atoms with E-state index in [-0.39, 0.29) is 37.0 Å². The second-order valence-corrected chi connectivity index (χ2v) is 5.24. The molecule has 3 atom stereocenters. The summed E-state index contributed by atoms with van der Waals surface area (Å²) in [6.07, 6.45) is 3.58. The van der Waals surface area contributed by atoms with E-state index in [0.717, 1.165) is 12.0 Å². The number of hydrogen-bond donors (Lipinski definition) is 3. The fourth-order valence-corrected chi connectivity index (χ4v) is 2.89. The van der Waals surface area contributed by atoms with Gasteiger partial charge in [0.15, 0.2) is 0 Å². The molecule has 7 nitrogen and oxygen atoms in total. The first-order valence-electron chi connectivity index (χ1n) is 6.69. The average Bonchev–Trinajstić information content (AvgIpc) is 3.00. The van der Waals surface area contributed by atoms with E-state index in [2.05, 4.69) is 16.9 Å². The van der Waals surface area contributed by atoms with Gasteiger partial charge in [-0.25, -0.2) is 4.98 Å². The third-order valence-electron chi connectivity index (χ3n) is 3.84. The maximum absolute atomic E-state index is 11.9. The monoisotopic (exact) mass is 278 g/mol. The van der Waals surface area contributed by atoms with Crippen molar-refractivity contribution in [2.24, 2.45) is 11.7 Å². The molecule has 0 aliphatic carbocycles. The Balaban J connectivity index is 2.13. The number of aliphatic hydroxyl groups is 1. The minimum Gasteiger partial charge on any atom is -0.394 e. The van der Waals surface area contributed by atoms with E-state index in [1.807, 2.05) is 10.8 Å². The molecule has 3 rings (SSSR count). The molecule has 2 aromatic rings. The van der Waals surface area contributed by atoms with E-state index in [4.69, 9.17) is 10.5 Å². The predicted octanol–water partition coefficient (Wildman–Crippen LogP) is 0.0992. The van der Waals surface area contributed by atoms with Gasteiger partial charge < -0.3 is 25.1 Å².